The summed E-state index contributed by atoms with van der Waals surface area (Å²) in [5.74, 6) is -1.27. The molecular weight excluding hydrogens is 258 g/mol. The smallest absolute Gasteiger partial charge is 0.329 e. The Bertz CT molecular complexity index is 505. The first-order valence-electron chi connectivity index (χ1n) is 6.58. The van der Waals surface area contributed by atoms with Gasteiger partial charge in [0.1, 0.15) is 5.75 Å². The highest BCUT2D eigenvalue weighted by molar-refractivity contribution is 6.35. The van der Waals surface area contributed by atoms with Crippen LogP contribution >= 0.6 is 0 Å². The van der Waals surface area contributed by atoms with Crippen molar-refractivity contribution in [3.8, 4) is 5.75 Å². The Labute approximate surface area is 116 Å². The first kappa shape index (κ1) is 14.0. The van der Waals surface area contributed by atoms with E-state index in [1.165, 1.54) is 18.3 Å². The van der Waals surface area contributed by atoms with Crippen molar-refractivity contribution in [2.45, 2.75) is 31.7 Å². The Balaban J connectivity index is 1.78. The summed E-state index contributed by atoms with van der Waals surface area (Å²) in [5.41, 5.74) is 2.88. The molecule has 1 aliphatic carbocycles. The van der Waals surface area contributed by atoms with E-state index in [0.717, 1.165) is 25.7 Å². The number of phenolic OH excluding ortho intramolecular Hbond substituents is 1. The summed E-state index contributed by atoms with van der Waals surface area (Å²) in [4.78, 5) is 23.1. The third-order valence-corrected chi connectivity index (χ3v) is 3.17. The van der Waals surface area contributed by atoms with Gasteiger partial charge >= 0.3 is 11.8 Å². The summed E-state index contributed by atoms with van der Waals surface area (Å²) >= 11 is 0. The fourth-order valence-electron chi connectivity index (χ4n) is 2.10. The second-order valence-electron chi connectivity index (χ2n) is 4.75. The molecule has 2 amide bonds. The summed E-state index contributed by atoms with van der Waals surface area (Å²) < 4.78 is 0. The molecule has 106 valence electrons. The molecular formula is C14H17N3O3. The van der Waals surface area contributed by atoms with E-state index in [2.05, 4.69) is 15.8 Å². The number of nitrogens with zero attached hydrogens (tertiary/aromatic N) is 1. The highest BCUT2D eigenvalue weighted by Gasteiger charge is 2.20. The van der Waals surface area contributed by atoms with Crippen LogP contribution in [0.4, 0.5) is 0 Å². The van der Waals surface area contributed by atoms with Gasteiger partial charge in [0.05, 0.1) is 6.21 Å². The number of hydrogen-bond acceptors (Lipinski definition) is 4. The zero-order chi connectivity index (χ0) is 14.4. The molecule has 2 rings (SSSR count). The van der Waals surface area contributed by atoms with Gasteiger partial charge in [-0.3, -0.25) is 9.59 Å². The summed E-state index contributed by atoms with van der Waals surface area (Å²) in [6, 6.07) is 6.41. The number of benzene rings is 1. The van der Waals surface area contributed by atoms with Crippen molar-refractivity contribution < 1.29 is 14.7 Å². The maximum Gasteiger partial charge on any atom is 0.329 e. The van der Waals surface area contributed by atoms with E-state index in [4.69, 9.17) is 5.11 Å². The van der Waals surface area contributed by atoms with E-state index in [9.17, 15) is 9.59 Å². The number of carbonyl (C=O) groups is 2. The molecule has 0 spiro atoms. The van der Waals surface area contributed by atoms with Crippen LogP contribution in [-0.4, -0.2) is 29.2 Å². The third-order valence-electron chi connectivity index (χ3n) is 3.17. The highest BCUT2D eigenvalue weighted by atomic mass is 16.3. The summed E-state index contributed by atoms with van der Waals surface area (Å²) in [6.07, 6.45) is 5.43. The van der Waals surface area contributed by atoms with Crippen molar-refractivity contribution in [3.63, 3.8) is 0 Å². The van der Waals surface area contributed by atoms with Gasteiger partial charge in [0.2, 0.25) is 0 Å². The van der Waals surface area contributed by atoms with Gasteiger partial charge in [0.25, 0.3) is 0 Å². The zero-order valence-electron chi connectivity index (χ0n) is 11.0. The molecule has 20 heavy (non-hydrogen) atoms. The maximum absolute atomic E-state index is 11.6. The van der Waals surface area contributed by atoms with Crippen molar-refractivity contribution in [2.24, 2.45) is 5.10 Å². The van der Waals surface area contributed by atoms with Crippen molar-refractivity contribution in [1.29, 1.82) is 0 Å². The van der Waals surface area contributed by atoms with Crippen LogP contribution in [0.3, 0.4) is 0 Å². The molecule has 0 saturated heterocycles. The monoisotopic (exact) mass is 275 g/mol. The van der Waals surface area contributed by atoms with Crippen molar-refractivity contribution in [3.05, 3.63) is 29.8 Å². The minimum absolute atomic E-state index is 0.106. The standard InChI is InChI=1S/C14H17N3O3/c18-12-7-5-10(6-8-12)9-15-17-14(20)13(19)16-11-3-1-2-4-11/h5-9,11,18H,1-4H2,(H,16,19)(H,17,20)/b15-9-. The van der Waals surface area contributed by atoms with Crippen molar-refractivity contribution in [2.75, 3.05) is 0 Å². The van der Waals surface area contributed by atoms with Gasteiger partial charge in [-0.1, -0.05) is 12.8 Å². The Morgan fingerprint density at radius 3 is 2.45 bits per heavy atom. The van der Waals surface area contributed by atoms with E-state index in [1.807, 2.05) is 0 Å². The summed E-state index contributed by atoms with van der Waals surface area (Å²) in [5, 5.41) is 15.5. The van der Waals surface area contributed by atoms with E-state index in [0.29, 0.717) is 5.56 Å². The molecule has 6 nitrogen and oxygen atoms in total. The second kappa shape index (κ2) is 6.70. The van der Waals surface area contributed by atoms with Crippen LogP contribution in [0.25, 0.3) is 0 Å². The first-order valence-corrected chi connectivity index (χ1v) is 6.58. The average Bonchev–Trinajstić information content (AvgIpc) is 2.93. The first-order chi connectivity index (χ1) is 9.65. The Hall–Kier alpha value is -2.37. The third kappa shape index (κ3) is 4.08. The SMILES string of the molecule is O=C(N/N=C\c1ccc(O)cc1)C(=O)NC1CCCC1. The number of rotatable bonds is 3. The molecule has 0 radical (unpaired) electrons. The highest BCUT2D eigenvalue weighted by Crippen LogP contribution is 2.17. The Morgan fingerprint density at radius 2 is 1.80 bits per heavy atom. The largest absolute Gasteiger partial charge is 0.508 e. The van der Waals surface area contributed by atoms with Crippen LogP contribution in [0.2, 0.25) is 0 Å². The lowest BCUT2D eigenvalue weighted by atomic mass is 10.2. The predicted molar refractivity (Wildman–Crippen MR) is 74.2 cm³/mol. The molecule has 6 heteroatoms. The lowest BCUT2D eigenvalue weighted by Crippen LogP contribution is -2.42. The molecule has 3 N–H and O–H groups in total. The van der Waals surface area contributed by atoms with Gasteiger partial charge in [0.15, 0.2) is 0 Å². The second-order valence-corrected chi connectivity index (χ2v) is 4.75. The van der Waals surface area contributed by atoms with E-state index in [-0.39, 0.29) is 11.8 Å². The minimum Gasteiger partial charge on any atom is -0.508 e. The summed E-state index contributed by atoms with van der Waals surface area (Å²) in [6.45, 7) is 0. The molecule has 1 aliphatic rings. The topological polar surface area (TPSA) is 90.8 Å². The summed E-state index contributed by atoms with van der Waals surface area (Å²) in [7, 11) is 0. The average molecular weight is 275 g/mol. The van der Waals surface area contributed by atoms with Gasteiger partial charge < -0.3 is 10.4 Å². The van der Waals surface area contributed by atoms with Gasteiger partial charge in [-0.05, 0) is 42.7 Å². The Kier molecular flexibility index (Phi) is 4.70. The fourth-order valence-corrected chi connectivity index (χ4v) is 2.10. The number of nitrogens with one attached hydrogen (secondary N) is 2. The molecule has 0 aliphatic heterocycles. The minimum atomic E-state index is -0.771. The normalized spacial score (nSPS) is 15.4. The molecule has 0 bridgehead atoms. The van der Waals surface area contributed by atoms with E-state index < -0.39 is 11.8 Å². The van der Waals surface area contributed by atoms with Gasteiger partial charge in [-0.25, -0.2) is 5.43 Å². The van der Waals surface area contributed by atoms with Crippen LogP contribution in [0.1, 0.15) is 31.2 Å². The van der Waals surface area contributed by atoms with Gasteiger partial charge in [0, 0.05) is 6.04 Å². The zero-order valence-corrected chi connectivity index (χ0v) is 11.0. The molecule has 0 unspecified atom stereocenters. The quantitative estimate of drug-likeness (QED) is 0.435. The van der Waals surface area contributed by atoms with Crippen molar-refractivity contribution >= 4 is 18.0 Å². The van der Waals surface area contributed by atoms with Crippen LogP contribution in [-0.2, 0) is 9.59 Å². The molecule has 0 atom stereocenters. The maximum atomic E-state index is 11.6. The number of aromatic hydroxyl groups is 1. The van der Waals surface area contributed by atoms with Crippen LogP contribution < -0.4 is 10.7 Å². The van der Waals surface area contributed by atoms with E-state index >= 15 is 0 Å². The van der Waals surface area contributed by atoms with Gasteiger partial charge in [-0.15, -0.1) is 0 Å². The number of hydrogen-bond donors (Lipinski definition) is 3. The molecule has 0 heterocycles. The molecule has 1 saturated carbocycles. The molecule has 1 fully saturated rings. The van der Waals surface area contributed by atoms with Crippen molar-refractivity contribution in [1.82, 2.24) is 10.7 Å². The lowest BCUT2D eigenvalue weighted by Gasteiger charge is -2.10. The number of carbonyl (C=O) groups excluding carboxylic acids is 2. The number of hydrazone groups is 1. The lowest BCUT2D eigenvalue weighted by molar-refractivity contribution is -0.139. The van der Waals surface area contributed by atoms with Crippen LogP contribution in [0.5, 0.6) is 5.75 Å². The number of amides is 2. The van der Waals surface area contributed by atoms with Crippen LogP contribution in [0.15, 0.2) is 29.4 Å². The molecule has 1 aromatic rings. The van der Waals surface area contributed by atoms with E-state index in [1.54, 1.807) is 12.1 Å². The predicted octanol–water partition coefficient (Wildman–Crippen LogP) is 0.901. The fraction of sp³-hybridized carbons (Fsp3) is 0.357. The van der Waals surface area contributed by atoms with Crippen LogP contribution in [0, 0.1) is 0 Å². The molecule has 1 aromatic carbocycles. The Morgan fingerprint density at radius 1 is 1.15 bits per heavy atom. The van der Waals surface area contributed by atoms with Gasteiger partial charge in [-0.2, -0.15) is 5.10 Å². The molecule has 0 aromatic heterocycles. The number of phenols is 1.